The predicted molar refractivity (Wildman–Crippen MR) is 125 cm³/mol. The molecule has 2 aliphatic rings. The molecule has 0 amide bonds. The van der Waals surface area contributed by atoms with Crippen molar-refractivity contribution in [3.63, 3.8) is 0 Å². The number of hydrogen-bond acceptors (Lipinski definition) is 5. The molecule has 148 valence electrons. The monoisotopic (exact) mass is 509 g/mol. The highest BCUT2D eigenvalue weighted by Crippen LogP contribution is 2.36. The maximum atomic E-state index is 4.60. The highest BCUT2D eigenvalue weighted by molar-refractivity contribution is 14.0. The highest BCUT2D eigenvalue weighted by Gasteiger charge is 2.39. The maximum Gasteiger partial charge on any atom is 0.191 e. The van der Waals surface area contributed by atoms with Crippen LogP contribution in [0.5, 0.6) is 0 Å². The van der Waals surface area contributed by atoms with Crippen LogP contribution in [0.4, 0.5) is 0 Å². The predicted octanol–water partition coefficient (Wildman–Crippen LogP) is 3.40. The topological polar surface area (TPSA) is 52.6 Å². The smallest absolute Gasteiger partial charge is 0.191 e. The quantitative estimate of drug-likeness (QED) is 0.362. The number of nitrogens with one attached hydrogen (secondary N) is 2. The lowest BCUT2D eigenvalue weighted by Gasteiger charge is -2.43. The zero-order valence-electron chi connectivity index (χ0n) is 16.1. The van der Waals surface area contributed by atoms with Crippen molar-refractivity contribution in [2.24, 2.45) is 4.99 Å². The van der Waals surface area contributed by atoms with E-state index in [1.54, 1.807) is 11.3 Å². The Hall–Kier alpha value is -0.0600. The van der Waals surface area contributed by atoms with E-state index < -0.39 is 0 Å². The zero-order valence-corrected chi connectivity index (χ0v) is 20.1. The Balaban J connectivity index is 0.00000243. The van der Waals surface area contributed by atoms with Crippen molar-refractivity contribution < 1.29 is 0 Å². The third-order valence-electron chi connectivity index (χ3n) is 5.50. The summed E-state index contributed by atoms with van der Waals surface area (Å²) in [6, 6.07) is 0. The van der Waals surface area contributed by atoms with E-state index in [2.05, 4.69) is 51.1 Å². The van der Waals surface area contributed by atoms with Crippen LogP contribution < -0.4 is 10.6 Å². The van der Waals surface area contributed by atoms with E-state index in [0.29, 0.717) is 5.54 Å². The fraction of sp³-hybridized carbons (Fsp3) is 0.778. The first kappa shape index (κ1) is 22.2. The SMILES string of the molecule is CN=C(NCc1nc(C)c(C)s1)NCC1(N2CCSCC2)CCCC1.I. The van der Waals surface area contributed by atoms with Gasteiger partial charge in [0, 0.05) is 48.6 Å². The third-order valence-corrected chi connectivity index (χ3v) is 7.52. The minimum atomic E-state index is 0. The van der Waals surface area contributed by atoms with Gasteiger partial charge < -0.3 is 10.6 Å². The summed E-state index contributed by atoms with van der Waals surface area (Å²) in [5, 5.41) is 8.17. The number of guanidine groups is 1. The lowest BCUT2D eigenvalue weighted by molar-refractivity contribution is 0.107. The van der Waals surface area contributed by atoms with Gasteiger partial charge in [-0.15, -0.1) is 35.3 Å². The lowest BCUT2D eigenvalue weighted by Crippen LogP contribution is -2.57. The van der Waals surface area contributed by atoms with Crippen molar-refractivity contribution in [2.75, 3.05) is 38.2 Å². The van der Waals surface area contributed by atoms with Gasteiger partial charge in [-0.2, -0.15) is 11.8 Å². The normalized spacial score (nSPS) is 20.7. The number of halogens is 1. The minimum Gasteiger partial charge on any atom is -0.355 e. The Morgan fingerprint density at radius 1 is 1.19 bits per heavy atom. The molecule has 1 aliphatic heterocycles. The molecule has 0 spiro atoms. The summed E-state index contributed by atoms with van der Waals surface area (Å²) >= 11 is 3.86. The molecule has 2 heterocycles. The van der Waals surface area contributed by atoms with E-state index in [-0.39, 0.29) is 24.0 Å². The Kier molecular flexibility index (Phi) is 8.96. The summed E-state index contributed by atoms with van der Waals surface area (Å²) in [6.07, 6.45) is 5.34. The Morgan fingerprint density at radius 2 is 1.88 bits per heavy atom. The fourth-order valence-electron chi connectivity index (χ4n) is 3.92. The average molecular weight is 510 g/mol. The van der Waals surface area contributed by atoms with Crippen molar-refractivity contribution in [3.05, 3.63) is 15.6 Å². The second-order valence-corrected chi connectivity index (χ2v) is 9.57. The molecule has 0 unspecified atom stereocenters. The van der Waals surface area contributed by atoms with Crippen LogP contribution in [0.3, 0.4) is 0 Å². The van der Waals surface area contributed by atoms with Crippen LogP contribution in [0, 0.1) is 13.8 Å². The van der Waals surface area contributed by atoms with Gasteiger partial charge in [0.25, 0.3) is 0 Å². The van der Waals surface area contributed by atoms with Gasteiger partial charge in [-0.1, -0.05) is 12.8 Å². The molecule has 5 nitrogen and oxygen atoms in total. The standard InChI is InChI=1S/C18H31N5S2.HI/c1-14-15(2)25-16(22-14)12-20-17(19-3)21-13-18(6-4-5-7-18)23-8-10-24-11-9-23;/h4-13H2,1-3H3,(H2,19,20,21);1H. The van der Waals surface area contributed by atoms with Gasteiger partial charge in [-0.05, 0) is 26.7 Å². The Labute approximate surface area is 183 Å². The van der Waals surface area contributed by atoms with Gasteiger partial charge in [0.15, 0.2) is 5.96 Å². The average Bonchev–Trinajstić information content (AvgIpc) is 3.24. The molecule has 8 heteroatoms. The molecule has 1 saturated heterocycles. The van der Waals surface area contributed by atoms with Gasteiger partial charge in [-0.25, -0.2) is 4.98 Å². The molecule has 0 atom stereocenters. The third kappa shape index (κ3) is 5.48. The largest absolute Gasteiger partial charge is 0.355 e. The molecule has 1 aromatic rings. The molecule has 3 rings (SSSR count). The van der Waals surface area contributed by atoms with Crippen molar-refractivity contribution in [1.82, 2.24) is 20.5 Å². The molecule has 0 bridgehead atoms. The van der Waals surface area contributed by atoms with Crippen molar-refractivity contribution >= 4 is 53.0 Å². The number of aromatic nitrogens is 1. The van der Waals surface area contributed by atoms with Crippen molar-refractivity contribution in [2.45, 2.75) is 51.6 Å². The minimum absolute atomic E-state index is 0. The van der Waals surface area contributed by atoms with E-state index in [4.69, 9.17) is 0 Å². The second-order valence-electron chi connectivity index (χ2n) is 7.06. The van der Waals surface area contributed by atoms with E-state index >= 15 is 0 Å². The summed E-state index contributed by atoms with van der Waals surface area (Å²) in [6.45, 7) is 8.40. The summed E-state index contributed by atoms with van der Waals surface area (Å²) in [5.74, 6) is 3.44. The molecule has 26 heavy (non-hydrogen) atoms. The lowest BCUT2D eigenvalue weighted by atomic mass is 9.94. The van der Waals surface area contributed by atoms with Gasteiger partial charge in [0.05, 0.1) is 12.2 Å². The highest BCUT2D eigenvalue weighted by atomic mass is 127. The van der Waals surface area contributed by atoms with Crippen LogP contribution >= 0.6 is 47.1 Å². The van der Waals surface area contributed by atoms with Gasteiger partial charge in [0.2, 0.25) is 0 Å². The molecule has 0 radical (unpaired) electrons. The molecule has 1 aliphatic carbocycles. The molecular formula is C18H32IN5S2. The number of hydrogen-bond donors (Lipinski definition) is 2. The number of aliphatic imine (C=N–C) groups is 1. The van der Waals surface area contributed by atoms with Crippen LogP contribution in [0.15, 0.2) is 4.99 Å². The number of thiazole rings is 1. The summed E-state index contributed by atoms with van der Waals surface area (Å²) < 4.78 is 0. The molecule has 1 aromatic heterocycles. The van der Waals surface area contributed by atoms with Gasteiger partial charge >= 0.3 is 0 Å². The number of aryl methyl sites for hydroxylation is 2. The van der Waals surface area contributed by atoms with Crippen LogP contribution in [0.2, 0.25) is 0 Å². The van der Waals surface area contributed by atoms with E-state index in [9.17, 15) is 0 Å². The Bertz CT molecular complexity index is 573. The number of nitrogens with zero attached hydrogens (tertiary/aromatic N) is 3. The van der Waals surface area contributed by atoms with Crippen LogP contribution in [0.1, 0.15) is 41.3 Å². The second kappa shape index (κ2) is 10.5. The first-order valence-electron chi connectivity index (χ1n) is 9.33. The van der Waals surface area contributed by atoms with Crippen LogP contribution in [-0.4, -0.2) is 59.6 Å². The van der Waals surface area contributed by atoms with Crippen LogP contribution in [-0.2, 0) is 6.54 Å². The summed E-state index contributed by atoms with van der Waals surface area (Å²) in [5.41, 5.74) is 1.46. The maximum absolute atomic E-state index is 4.60. The molecular weight excluding hydrogens is 477 g/mol. The summed E-state index contributed by atoms with van der Waals surface area (Å²) in [7, 11) is 1.85. The molecule has 0 aromatic carbocycles. The number of rotatable bonds is 5. The van der Waals surface area contributed by atoms with Crippen molar-refractivity contribution in [1.29, 1.82) is 0 Å². The Morgan fingerprint density at radius 3 is 2.46 bits per heavy atom. The van der Waals surface area contributed by atoms with E-state index in [1.165, 1.54) is 55.2 Å². The van der Waals surface area contributed by atoms with Crippen LogP contribution in [0.25, 0.3) is 0 Å². The molecule has 2 fully saturated rings. The summed E-state index contributed by atoms with van der Waals surface area (Å²) in [4.78, 5) is 13.1. The first-order chi connectivity index (χ1) is 12.1. The zero-order chi connectivity index (χ0) is 17.7. The van der Waals surface area contributed by atoms with Gasteiger partial charge in [0.1, 0.15) is 5.01 Å². The number of thioether (sulfide) groups is 1. The van der Waals surface area contributed by atoms with Crippen molar-refractivity contribution in [3.8, 4) is 0 Å². The van der Waals surface area contributed by atoms with E-state index in [1.807, 2.05) is 7.05 Å². The fourth-order valence-corrected chi connectivity index (χ4v) is 5.70. The molecule has 1 saturated carbocycles. The van der Waals surface area contributed by atoms with Gasteiger partial charge in [-0.3, -0.25) is 9.89 Å². The molecule has 2 N–H and O–H groups in total. The first-order valence-corrected chi connectivity index (χ1v) is 11.3. The van der Waals surface area contributed by atoms with E-state index in [0.717, 1.165) is 29.8 Å².